The van der Waals surface area contributed by atoms with Crippen LogP contribution in [0.15, 0.2) is 52.4 Å². The number of amides is 1. The molecule has 1 heterocycles. The minimum absolute atomic E-state index is 0.128. The highest BCUT2D eigenvalue weighted by atomic mass is 32.2. The Morgan fingerprint density at radius 2 is 2.00 bits per heavy atom. The number of thiazole rings is 1. The number of benzene rings is 2. The fourth-order valence-corrected chi connectivity index (χ4v) is 4.56. The number of nitro benzene ring substituents is 1. The monoisotopic (exact) mass is 463 g/mol. The SMILES string of the molecule is CCOC(=O)Cn1c(=NC(=O)CCSc2ccc(F)cc2)sc2ccc([N+](=O)[O-])cc21. The van der Waals surface area contributed by atoms with Gasteiger partial charge in [0.2, 0.25) is 5.91 Å². The summed E-state index contributed by atoms with van der Waals surface area (Å²) in [6.45, 7) is 1.64. The Hall–Kier alpha value is -3.05. The number of esters is 1. The Morgan fingerprint density at radius 3 is 2.68 bits per heavy atom. The van der Waals surface area contributed by atoms with Gasteiger partial charge < -0.3 is 9.30 Å². The van der Waals surface area contributed by atoms with Crippen molar-refractivity contribution in [2.75, 3.05) is 12.4 Å². The Morgan fingerprint density at radius 1 is 1.26 bits per heavy atom. The van der Waals surface area contributed by atoms with Gasteiger partial charge in [-0.1, -0.05) is 11.3 Å². The highest BCUT2D eigenvalue weighted by Gasteiger charge is 2.15. The molecule has 8 nitrogen and oxygen atoms in total. The zero-order valence-corrected chi connectivity index (χ0v) is 18.1. The lowest BCUT2D eigenvalue weighted by Gasteiger charge is -2.05. The maximum absolute atomic E-state index is 13.0. The maximum atomic E-state index is 13.0. The molecule has 1 aromatic heterocycles. The van der Waals surface area contributed by atoms with Crippen LogP contribution < -0.4 is 4.80 Å². The molecule has 0 fully saturated rings. The summed E-state index contributed by atoms with van der Waals surface area (Å²) in [5, 5.41) is 11.1. The average molecular weight is 464 g/mol. The van der Waals surface area contributed by atoms with Crippen LogP contribution in [0.2, 0.25) is 0 Å². The second-order valence-corrected chi connectivity index (χ2v) is 8.42. The first-order valence-corrected chi connectivity index (χ1v) is 11.1. The number of fused-ring (bicyclic) bond motifs is 1. The molecule has 0 spiro atoms. The highest BCUT2D eigenvalue weighted by Crippen LogP contribution is 2.23. The molecular formula is C20H18FN3O5S2. The second-order valence-electron chi connectivity index (χ2n) is 6.24. The first-order valence-electron chi connectivity index (χ1n) is 9.26. The van der Waals surface area contributed by atoms with Crippen molar-refractivity contribution in [1.82, 2.24) is 4.57 Å². The molecule has 0 aliphatic rings. The molecule has 0 aliphatic carbocycles. The molecule has 3 rings (SSSR count). The van der Waals surface area contributed by atoms with Crippen molar-refractivity contribution in [2.45, 2.75) is 24.8 Å². The number of carbonyl (C=O) groups is 2. The van der Waals surface area contributed by atoms with Gasteiger partial charge in [-0.05, 0) is 37.3 Å². The first-order chi connectivity index (χ1) is 14.9. The van der Waals surface area contributed by atoms with Crippen LogP contribution in [0.1, 0.15) is 13.3 Å². The van der Waals surface area contributed by atoms with E-state index in [0.717, 1.165) is 16.2 Å². The van der Waals surface area contributed by atoms with Gasteiger partial charge in [0.15, 0.2) is 4.80 Å². The van der Waals surface area contributed by atoms with E-state index in [1.807, 2.05) is 0 Å². The number of aromatic nitrogens is 1. The molecule has 2 aromatic carbocycles. The minimum atomic E-state index is -0.533. The number of ether oxygens (including phenoxy) is 1. The molecule has 0 radical (unpaired) electrons. The summed E-state index contributed by atoms with van der Waals surface area (Å²) in [6.07, 6.45) is 0.135. The van der Waals surface area contributed by atoms with E-state index in [-0.39, 0.29) is 35.9 Å². The Kier molecular flexibility index (Phi) is 7.53. The molecule has 1 amide bonds. The van der Waals surface area contributed by atoms with E-state index in [1.165, 1.54) is 40.6 Å². The summed E-state index contributed by atoms with van der Waals surface area (Å²) in [7, 11) is 0. The van der Waals surface area contributed by atoms with Crippen LogP contribution in [0.5, 0.6) is 0 Å². The van der Waals surface area contributed by atoms with Crippen molar-refractivity contribution in [3.05, 3.63) is 63.2 Å². The maximum Gasteiger partial charge on any atom is 0.326 e. The number of hydrogen-bond acceptors (Lipinski definition) is 7. The molecule has 0 saturated heterocycles. The van der Waals surface area contributed by atoms with Gasteiger partial charge in [-0.25, -0.2) is 4.39 Å². The number of non-ortho nitro benzene ring substituents is 1. The van der Waals surface area contributed by atoms with Gasteiger partial charge in [-0.15, -0.1) is 11.8 Å². The lowest BCUT2D eigenvalue weighted by Crippen LogP contribution is -2.23. The summed E-state index contributed by atoms with van der Waals surface area (Å²) in [6, 6.07) is 10.2. The van der Waals surface area contributed by atoms with Crippen molar-refractivity contribution < 1.29 is 23.6 Å². The van der Waals surface area contributed by atoms with Crippen molar-refractivity contribution in [3.63, 3.8) is 0 Å². The van der Waals surface area contributed by atoms with Gasteiger partial charge >= 0.3 is 5.97 Å². The van der Waals surface area contributed by atoms with Gasteiger partial charge in [-0.2, -0.15) is 4.99 Å². The van der Waals surface area contributed by atoms with Crippen LogP contribution in [-0.2, 0) is 20.9 Å². The zero-order valence-electron chi connectivity index (χ0n) is 16.4. The molecule has 31 heavy (non-hydrogen) atoms. The third-order valence-corrected chi connectivity index (χ3v) is 6.16. The molecule has 11 heteroatoms. The molecule has 0 unspecified atom stereocenters. The third kappa shape index (κ3) is 5.98. The molecule has 0 bridgehead atoms. The molecule has 0 aliphatic heterocycles. The molecule has 162 valence electrons. The molecular weight excluding hydrogens is 445 g/mol. The van der Waals surface area contributed by atoms with Crippen LogP contribution in [-0.4, -0.2) is 33.7 Å². The fourth-order valence-electron chi connectivity index (χ4n) is 2.69. The van der Waals surface area contributed by atoms with Gasteiger partial charge in [0.25, 0.3) is 5.69 Å². The Labute approximate surface area is 184 Å². The van der Waals surface area contributed by atoms with Crippen LogP contribution in [0.4, 0.5) is 10.1 Å². The van der Waals surface area contributed by atoms with Crippen LogP contribution in [0.3, 0.4) is 0 Å². The zero-order chi connectivity index (χ0) is 22.4. The standard InChI is InChI=1S/C20H18FN3O5S2/c1-2-29-19(26)12-23-16-11-14(24(27)28)5-8-17(16)31-20(23)22-18(25)9-10-30-15-6-3-13(21)4-7-15/h3-8,11H,2,9-10,12H2,1H3. The summed E-state index contributed by atoms with van der Waals surface area (Å²) in [4.78, 5) is 40.3. The van der Waals surface area contributed by atoms with E-state index in [4.69, 9.17) is 4.74 Å². The fraction of sp³-hybridized carbons (Fsp3) is 0.250. The van der Waals surface area contributed by atoms with E-state index in [2.05, 4.69) is 4.99 Å². The Bertz CT molecular complexity index is 1190. The lowest BCUT2D eigenvalue weighted by atomic mass is 10.3. The predicted octanol–water partition coefficient (Wildman–Crippen LogP) is 3.92. The van der Waals surface area contributed by atoms with E-state index < -0.39 is 16.8 Å². The molecule has 0 N–H and O–H groups in total. The third-order valence-electron chi connectivity index (χ3n) is 4.09. The quantitative estimate of drug-likeness (QED) is 0.217. The van der Waals surface area contributed by atoms with Crippen molar-refractivity contribution in [3.8, 4) is 0 Å². The Balaban J connectivity index is 1.84. The van der Waals surface area contributed by atoms with Gasteiger partial charge in [0.05, 0.1) is 21.7 Å². The van der Waals surface area contributed by atoms with Crippen LogP contribution in [0, 0.1) is 15.9 Å². The van der Waals surface area contributed by atoms with E-state index >= 15 is 0 Å². The molecule has 0 saturated carbocycles. The van der Waals surface area contributed by atoms with Gasteiger partial charge in [0.1, 0.15) is 12.4 Å². The van der Waals surface area contributed by atoms with Crippen molar-refractivity contribution in [2.24, 2.45) is 4.99 Å². The molecule has 3 aromatic rings. The smallest absolute Gasteiger partial charge is 0.326 e. The molecule has 0 atom stereocenters. The summed E-state index contributed by atoms with van der Waals surface area (Å²) >= 11 is 2.56. The van der Waals surface area contributed by atoms with Crippen LogP contribution in [0.25, 0.3) is 10.2 Å². The number of nitrogens with zero attached hydrogens (tertiary/aromatic N) is 3. The van der Waals surface area contributed by atoms with Gasteiger partial charge in [0, 0.05) is 29.2 Å². The number of halogens is 1. The average Bonchev–Trinajstić information content (AvgIpc) is 3.05. The summed E-state index contributed by atoms with van der Waals surface area (Å²) in [5.74, 6) is -0.809. The number of hydrogen-bond donors (Lipinski definition) is 0. The largest absolute Gasteiger partial charge is 0.465 e. The van der Waals surface area contributed by atoms with Crippen LogP contribution >= 0.6 is 23.1 Å². The topological polar surface area (TPSA) is 104 Å². The van der Waals surface area contributed by atoms with Gasteiger partial charge in [-0.3, -0.25) is 19.7 Å². The lowest BCUT2D eigenvalue weighted by molar-refractivity contribution is -0.384. The van der Waals surface area contributed by atoms with E-state index in [1.54, 1.807) is 25.1 Å². The van der Waals surface area contributed by atoms with Crippen molar-refractivity contribution in [1.29, 1.82) is 0 Å². The second kappa shape index (κ2) is 10.3. The summed E-state index contributed by atoms with van der Waals surface area (Å²) in [5.41, 5.74) is 0.302. The van der Waals surface area contributed by atoms with E-state index in [9.17, 15) is 24.1 Å². The highest BCUT2D eigenvalue weighted by molar-refractivity contribution is 7.99. The van der Waals surface area contributed by atoms with E-state index in [0.29, 0.717) is 16.0 Å². The number of carbonyl (C=O) groups excluding carboxylic acids is 2. The number of nitro groups is 1. The first kappa shape index (κ1) is 22.6. The number of rotatable bonds is 8. The normalized spacial score (nSPS) is 11.6. The number of thioether (sulfide) groups is 1. The minimum Gasteiger partial charge on any atom is -0.465 e. The summed E-state index contributed by atoms with van der Waals surface area (Å²) < 4.78 is 20.1. The van der Waals surface area contributed by atoms with Crippen molar-refractivity contribution >= 4 is 50.9 Å². The predicted molar refractivity (Wildman–Crippen MR) is 115 cm³/mol.